The number of carbonyl (C=O) groups excluding carboxylic acids is 2. The molecule has 3 aromatic carbocycles. The number of amides is 3. The highest BCUT2D eigenvalue weighted by Gasteiger charge is 2.33. The number of urea groups is 1. The number of benzene rings is 3. The topological polar surface area (TPSA) is 108 Å². The number of anilines is 3. The van der Waals surface area contributed by atoms with Crippen LogP contribution in [-0.4, -0.2) is 39.2 Å². The molecule has 3 amide bonds. The Morgan fingerprint density at radius 1 is 1.00 bits per heavy atom. The Bertz CT molecular complexity index is 1450. The van der Waals surface area contributed by atoms with Gasteiger partial charge in [0.05, 0.1) is 17.6 Å². The number of nitrogens with one attached hydrogen (secondary N) is 3. The van der Waals surface area contributed by atoms with Crippen LogP contribution in [0.3, 0.4) is 0 Å². The van der Waals surface area contributed by atoms with E-state index in [0.29, 0.717) is 23.6 Å². The smallest absolute Gasteiger partial charge is 0.319 e. The minimum atomic E-state index is -3.66. The molecule has 194 valence electrons. The Morgan fingerprint density at radius 2 is 1.70 bits per heavy atom. The molecule has 37 heavy (non-hydrogen) atoms. The van der Waals surface area contributed by atoms with E-state index in [1.54, 1.807) is 36.4 Å². The van der Waals surface area contributed by atoms with Gasteiger partial charge in [0, 0.05) is 35.5 Å². The Kier molecular flexibility index (Phi) is 7.65. The lowest BCUT2D eigenvalue weighted by molar-refractivity contribution is -0.288. The molecule has 0 bridgehead atoms. The van der Waals surface area contributed by atoms with Gasteiger partial charge in [-0.3, -0.25) is 9.52 Å². The van der Waals surface area contributed by atoms with E-state index in [2.05, 4.69) is 15.4 Å². The van der Waals surface area contributed by atoms with Crippen molar-refractivity contribution >= 4 is 39.0 Å². The van der Waals surface area contributed by atoms with Crippen LogP contribution in [-0.2, 0) is 14.8 Å². The van der Waals surface area contributed by atoms with E-state index in [4.69, 9.17) is 11.6 Å². The lowest BCUT2D eigenvalue weighted by atomic mass is 10.00. The molecule has 0 unspecified atom stereocenters. The normalized spacial score (nSPS) is 15.8. The first-order valence-electron chi connectivity index (χ1n) is 11.2. The predicted octanol–water partition coefficient (Wildman–Crippen LogP) is 4.02. The van der Waals surface area contributed by atoms with Gasteiger partial charge in [0.15, 0.2) is 23.2 Å². The molecule has 4 rings (SSSR count). The number of para-hydroxylation sites is 1. The van der Waals surface area contributed by atoms with Gasteiger partial charge in [-0.05, 0) is 43.2 Å². The van der Waals surface area contributed by atoms with Crippen LogP contribution in [0.4, 0.5) is 30.6 Å². The van der Waals surface area contributed by atoms with Crippen molar-refractivity contribution in [2.24, 2.45) is 0 Å². The van der Waals surface area contributed by atoms with Crippen LogP contribution in [0.25, 0.3) is 11.1 Å². The summed E-state index contributed by atoms with van der Waals surface area (Å²) in [4.78, 5) is 26.6. The minimum absolute atomic E-state index is 0.0859. The standard InChI is InChI=1S/C25H23ClF2N4O4S/c1-37(35,36)31-19-6-3-2-5-17(19)18-12-13-21(23(28)22(18)27)32-14-4-7-20(24(32)33)30-25(34)29-16-10-8-15(26)9-11-16/h2-3,5-6,8-13,20,26,31H,4,7,14H2,1H3,(H-,29,30,34)/p+1/t20-/m1/s1. The summed E-state index contributed by atoms with van der Waals surface area (Å²) in [5, 5.41) is 5.80. The van der Waals surface area contributed by atoms with E-state index >= 15 is 8.78 Å². The van der Waals surface area contributed by atoms with Crippen molar-refractivity contribution in [3.05, 3.63) is 77.3 Å². The summed E-state index contributed by atoms with van der Waals surface area (Å²) in [5.74, 6) is -3.06. The molecule has 1 aliphatic rings. The average molecular weight is 550 g/mol. The molecule has 0 saturated carbocycles. The molecular weight excluding hydrogens is 526 g/mol. The average Bonchev–Trinajstić information content (AvgIpc) is 2.83. The van der Waals surface area contributed by atoms with Gasteiger partial charge in [0.2, 0.25) is 21.0 Å². The molecule has 1 aliphatic heterocycles. The van der Waals surface area contributed by atoms with E-state index in [0.717, 1.165) is 11.2 Å². The summed E-state index contributed by atoms with van der Waals surface area (Å²) in [6.07, 6.45) is 1.74. The molecule has 1 heterocycles. The van der Waals surface area contributed by atoms with Gasteiger partial charge in [-0.15, -0.1) is 0 Å². The zero-order chi connectivity index (χ0) is 26.7. The molecule has 3 N–H and O–H groups in total. The second-order valence-corrected chi connectivity index (χ2v) is 10.7. The van der Waals surface area contributed by atoms with Gasteiger partial charge in [0.1, 0.15) is 6.04 Å². The van der Waals surface area contributed by atoms with Gasteiger partial charge in [0.25, 0.3) is 0 Å². The van der Waals surface area contributed by atoms with Crippen molar-refractivity contribution in [1.29, 1.82) is 0 Å². The molecule has 1 atom stereocenters. The maximum atomic E-state index is 15.3. The Labute approximate surface area is 217 Å². The van der Waals surface area contributed by atoms with Crippen molar-refractivity contribution in [1.82, 2.24) is 5.32 Å². The Morgan fingerprint density at radius 3 is 2.41 bits per heavy atom. The first-order valence-corrected chi connectivity index (χ1v) is 13.5. The number of hydrogen-bond donors (Lipinski definition) is 3. The van der Waals surface area contributed by atoms with Crippen LogP contribution in [0.1, 0.15) is 12.8 Å². The van der Waals surface area contributed by atoms with E-state index in [-0.39, 0.29) is 29.0 Å². The van der Waals surface area contributed by atoms with Gasteiger partial charge in [-0.1, -0.05) is 18.2 Å². The molecule has 0 radical (unpaired) electrons. The van der Waals surface area contributed by atoms with Gasteiger partial charge >= 0.3 is 6.03 Å². The third-order valence-electron chi connectivity index (χ3n) is 5.72. The number of rotatable bonds is 6. The van der Waals surface area contributed by atoms with Crippen molar-refractivity contribution < 1.29 is 38.4 Å². The van der Waals surface area contributed by atoms with E-state index < -0.39 is 39.6 Å². The van der Waals surface area contributed by atoms with Crippen LogP contribution in [0.2, 0.25) is 5.02 Å². The fourth-order valence-corrected chi connectivity index (χ4v) is 4.79. The maximum Gasteiger partial charge on any atom is 0.319 e. The lowest BCUT2D eigenvalue weighted by Gasteiger charge is -2.33. The van der Waals surface area contributed by atoms with E-state index in [1.807, 2.05) is 0 Å². The van der Waals surface area contributed by atoms with Crippen LogP contribution in [0.15, 0.2) is 60.7 Å². The summed E-state index contributed by atoms with van der Waals surface area (Å²) in [6.45, 7) is 0.140. The highest BCUT2D eigenvalue weighted by molar-refractivity contribution is 7.92. The number of piperidine rings is 1. The van der Waals surface area contributed by atoms with Crippen molar-refractivity contribution in [3.63, 3.8) is 0 Å². The molecule has 12 heteroatoms. The minimum Gasteiger partial charge on any atom is -0.326 e. The predicted molar refractivity (Wildman–Crippen MR) is 135 cm³/mol. The molecule has 1 saturated heterocycles. The number of sulfonamides is 1. The number of halogens is 3. The lowest BCUT2D eigenvalue weighted by Crippen LogP contribution is -2.53. The SMILES string of the molecule is CS(=O)(=O)Nc1ccccc1-c1ccc(N2CCC[C@@H](NC(=O)Nc3ccc([ClH+])cc3)C2=O)c(F)c1F. The molecule has 0 spiro atoms. The van der Waals surface area contributed by atoms with Crippen LogP contribution in [0.5, 0.6) is 0 Å². The molecule has 0 aromatic heterocycles. The van der Waals surface area contributed by atoms with E-state index in [1.165, 1.54) is 24.3 Å². The van der Waals surface area contributed by atoms with E-state index in [9.17, 15) is 18.0 Å². The molecule has 0 aliphatic carbocycles. The Hall–Kier alpha value is -3.70. The van der Waals surface area contributed by atoms with Crippen LogP contribution in [0, 0.1) is 23.2 Å². The second kappa shape index (κ2) is 10.7. The summed E-state index contributed by atoms with van der Waals surface area (Å²) >= 11 is 5.01. The largest absolute Gasteiger partial charge is 0.326 e. The van der Waals surface area contributed by atoms with Crippen molar-refractivity contribution in [3.8, 4) is 11.1 Å². The van der Waals surface area contributed by atoms with Gasteiger partial charge < -0.3 is 15.5 Å². The number of carbonyl (C=O) groups is 2. The number of hydrogen-bond acceptors (Lipinski definition) is 4. The quantitative estimate of drug-likeness (QED) is 0.432. The third kappa shape index (κ3) is 6.17. The molecule has 1 fully saturated rings. The first-order chi connectivity index (χ1) is 17.5. The third-order valence-corrected chi connectivity index (χ3v) is 6.58. The highest BCUT2D eigenvalue weighted by atomic mass is 35.5. The molecule has 3 aromatic rings. The summed E-state index contributed by atoms with van der Waals surface area (Å²) in [6, 6.07) is 13.6. The summed E-state index contributed by atoms with van der Waals surface area (Å²) in [7, 11) is -3.66. The summed E-state index contributed by atoms with van der Waals surface area (Å²) in [5.41, 5.74) is 0.272. The fraction of sp³-hybridized carbons (Fsp3) is 0.200. The number of nitrogens with zero attached hydrogens (tertiary/aromatic N) is 1. The first kappa shape index (κ1) is 26.4. The monoisotopic (exact) mass is 549 g/mol. The maximum absolute atomic E-state index is 15.3. The fourth-order valence-electron chi connectivity index (χ4n) is 4.07. The molecule has 8 nitrogen and oxygen atoms in total. The second-order valence-electron chi connectivity index (χ2n) is 8.49. The summed E-state index contributed by atoms with van der Waals surface area (Å²) < 4.78 is 56.2. The van der Waals surface area contributed by atoms with Gasteiger partial charge in [-0.25, -0.2) is 22.0 Å². The highest BCUT2D eigenvalue weighted by Crippen LogP contribution is 2.35. The zero-order valence-electron chi connectivity index (χ0n) is 19.6. The van der Waals surface area contributed by atoms with Crippen LogP contribution >= 0.6 is 0 Å². The van der Waals surface area contributed by atoms with Crippen molar-refractivity contribution in [2.75, 3.05) is 27.7 Å². The zero-order valence-corrected chi connectivity index (χ0v) is 21.3. The van der Waals surface area contributed by atoms with Crippen molar-refractivity contribution in [2.45, 2.75) is 18.9 Å². The Balaban J connectivity index is 1.55. The van der Waals surface area contributed by atoms with Gasteiger partial charge in [-0.2, -0.15) is 0 Å². The molecular formula is C25H24ClF2N4O4S+. The van der Waals surface area contributed by atoms with Crippen LogP contribution < -0.4 is 20.3 Å².